The van der Waals surface area contributed by atoms with Gasteiger partial charge in [-0.2, -0.15) is 4.57 Å². The number of aromatic nitrogens is 1. The number of hydrogen-bond donors (Lipinski definition) is 1. The number of nitrogens with zero attached hydrogens (tertiary/aromatic N) is 1. The number of aliphatic hydroxyl groups excluding tert-OH is 1. The predicted molar refractivity (Wildman–Crippen MR) is 63.2 cm³/mol. The second-order valence-electron chi connectivity index (χ2n) is 3.45. The fourth-order valence-corrected chi connectivity index (χ4v) is 3.00. The summed E-state index contributed by atoms with van der Waals surface area (Å²) in [5, 5.41) is 10.4. The van der Waals surface area contributed by atoms with Crippen LogP contribution in [0.2, 0.25) is 0 Å². The molecule has 0 aliphatic rings. The molecule has 0 spiro atoms. The summed E-state index contributed by atoms with van der Waals surface area (Å²) in [6, 6.07) is 8.30. The smallest absolute Gasteiger partial charge is 0.245 e. The van der Waals surface area contributed by atoms with Gasteiger partial charge >= 0.3 is 0 Å². The zero-order chi connectivity index (χ0) is 10.8. The summed E-state index contributed by atoms with van der Waals surface area (Å²) in [4.78, 5) is 0. The Morgan fingerprint density at radius 1 is 1.47 bits per heavy atom. The lowest BCUT2D eigenvalue weighted by atomic mass is 10.3. The second kappa shape index (κ2) is 4.03. The van der Waals surface area contributed by atoms with Gasteiger partial charge in [-0.1, -0.05) is 30.0 Å². The average molecular weight is 220 g/mol. The predicted octanol–water partition coefficient (Wildman–Crippen LogP) is 2.82. The van der Waals surface area contributed by atoms with Crippen molar-refractivity contribution in [2.24, 2.45) is 0 Å². The molecule has 2 rings (SSSR count). The molecule has 1 N–H and O–H groups in total. The number of thiazole rings is 1. The van der Waals surface area contributed by atoms with Crippen molar-refractivity contribution in [3.05, 3.63) is 41.6 Å². The number of aliphatic hydroxyl groups is 1. The van der Waals surface area contributed by atoms with E-state index < -0.39 is 0 Å². The minimum atomic E-state index is 0.226. The largest absolute Gasteiger partial charge is 0.512 e. The number of aryl methyl sites for hydroxylation is 1. The molecule has 1 aromatic heterocycles. The van der Waals surface area contributed by atoms with Gasteiger partial charge in [-0.05, 0) is 13.0 Å². The monoisotopic (exact) mass is 220 g/mol. The van der Waals surface area contributed by atoms with E-state index in [0.717, 1.165) is 11.6 Å². The van der Waals surface area contributed by atoms with Crippen LogP contribution in [0.3, 0.4) is 0 Å². The van der Waals surface area contributed by atoms with Crippen molar-refractivity contribution in [3.63, 3.8) is 0 Å². The highest BCUT2D eigenvalue weighted by molar-refractivity contribution is 7.18. The first-order valence-corrected chi connectivity index (χ1v) is 5.81. The molecule has 0 amide bonds. The maximum Gasteiger partial charge on any atom is 0.245 e. The summed E-state index contributed by atoms with van der Waals surface area (Å²) in [6.07, 6.45) is 0.549. The molecule has 1 aromatic carbocycles. The molecule has 2 aromatic rings. The van der Waals surface area contributed by atoms with Gasteiger partial charge in [0.05, 0.1) is 12.2 Å². The van der Waals surface area contributed by atoms with Crippen molar-refractivity contribution in [1.82, 2.24) is 0 Å². The maximum absolute atomic E-state index is 9.25. The van der Waals surface area contributed by atoms with Crippen LogP contribution >= 0.6 is 11.3 Å². The quantitative estimate of drug-likeness (QED) is 0.624. The van der Waals surface area contributed by atoms with Crippen LogP contribution in [0.4, 0.5) is 0 Å². The van der Waals surface area contributed by atoms with Gasteiger partial charge < -0.3 is 5.11 Å². The highest BCUT2D eigenvalue weighted by Crippen LogP contribution is 2.21. The minimum Gasteiger partial charge on any atom is -0.512 e. The third-order valence-electron chi connectivity index (χ3n) is 2.36. The molecule has 0 atom stereocenters. The Morgan fingerprint density at radius 3 is 2.87 bits per heavy atom. The molecule has 0 saturated carbocycles. The van der Waals surface area contributed by atoms with Crippen LogP contribution in [0.15, 0.2) is 36.6 Å². The molecule has 0 aliphatic heterocycles. The summed E-state index contributed by atoms with van der Waals surface area (Å²) in [6.45, 7) is 6.58. The van der Waals surface area contributed by atoms with Gasteiger partial charge in [0.2, 0.25) is 10.5 Å². The molecule has 3 heteroatoms. The topological polar surface area (TPSA) is 24.1 Å². The molecule has 0 aliphatic carbocycles. The van der Waals surface area contributed by atoms with Crippen LogP contribution in [0.1, 0.15) is 11.9 Å². The molecule has 0 fully saturated rings. The maximum atomic E-state index is 9.25. The summed E-state index contributed by atoms with van der Waals surface area (Å²) < 4.78 is 3.48. The van der Waals surface area contributed by atoms with Gasteiger partial charge in [0.15, 0.2) is 0 Å². The molecule has 78 valence electrons. The molecule has 2 nitrogen and oxygen atoms in total. The summed E-state index contributed by atoms with van der Waals surface area (Å²) >= 11 is 1.72. The van der Waals surface area contributed by atoms with E-state index in [-0.39, 0.29) is 5.76 Å². The first-order valence-electron chi connectivity index (χ1n) is 4.99. The van der Waals surface area contributed by atoms with Crippen LogP contribution < -0.4 is 4.57 Å². The minimum absolute atomic E-state index is 0.226. The zero-order valence-electron chi connectivity index (χ0n) is 8.73. The third-order valence-corrected chi connectivity index (χ3v) is 3.52. The Morgan fingerprint density at radius 2 is 2.20 bits per heavy atom. The Kier molecular flexibility index (Phi) is 2.73. The van der Waals surface area contributed by atoms with Gasteiger partial charge in [-0.15, -0.1) is 0 Å². The highest BCUT2D eigenvalue weighted by Gasteiger charge is 2.18. The number of para-hydroxylation sites is 1. The first kappa shape index (κ1) is 10.2. The second-order valence-corrected chi connectivity index (χ2v) is 4.57. The standard InChI is InChI=1S/C12H13NOS/c1-3-13-10-6-4-5-7-11(10)15-12(13)8-9(2)14/h4-7H,2-3,8H2,1H3/p+1. The van der Waals surface area contributed by atoms with E-state index in [2.05, 4.69) is 30.2 Å². The molecule has 1 heterocycles. The van der Waals surface area contributed by atoms with Crippen molar-refractivity contribution >= 4 is 21.6 Å². The van der Waals surface area contributed by atoms with Gasteiger partial charge in [0, 0.05) is 6.07 Å². The van der Waals surface area contributed by atoms with E-state index in [9.17, 15) is 5.11 Å². The van der Waals surface area contributed by atoms with Crippen LogP contribution in [-0.2, 0) is 13.0 Å². The Hall–Kier alpha value is -1.35. The third kappa shape index (κ3) is 1.88. The summed E-state index contributed by atoms with van der Waals surface area (Å²) in [7, 11) is 0. The lowest BCUT2D eigenvalue weighted by Crippen LogP contribution is -2.35. The molecular formula is C12H14NOS+. The molecule has 0 bridgehead atoms. The SMILES string of the molecule is C=C(O)Cc1sc2ccccc2[n+]1CC. The Bertz CT molecular complexity index is 501. The molecular weight excluding hydrogens is 206 g/mol. The lowest BCUT2D eigenvalue weighted by Gasteiger charge is -1.94. The van der Waals surface area contributed by atoms with Gasteiger partial charge in [0.1, 0.15) is 11.2 Å². The normalized spacial score (nSPS) is 10.7. The average Bonchev–Trinajstić information content (AvgIpc) is 2.53. The number of benzene rings is 1. The fourth-order valence-electron chi connectivity index (χ4n) is 1.74. The van der Waals surface area contributed by atoms with E-state index in [0.29, 0.717) is 6.42 Å². The van der Waals surface area contributed by atoms with E-state index >= 15 is 0 Å². The fraction of sp³-hybridized carbons (Fsp3) is 0.250. The molecule has 0 unspecified atom stereocenters. The Labute approximate surface area is 93.1 Å². The molecule has 0 saturated heterocycles. The zero-order valence-corrected chi connectivity index (χ0v) is 9.55. The summed E-state index contributed by atoms with van der Waals surface area (Å²) in [5.74, 6) is 0.226. The number of fused-ring (bicyclic) bond motifs is 1. The van der Waals surface area contributed by atoms with Crippen molar-refractivity contribution < 1.29 is 9.67 Å². The van der Waals surface area contributed by atoms with Crippen LogP contribution in [0.5, 0.6) is 0 Å². The first-order chi connectivity index (χ1) is 7.22. The Balaban J connectivity index is 2.58. The van der Waals surface area contributed by atoms with E-state index in [4.69, 9.17) is 0 Å². The highest BCUT2D eigenvalue weighted by atomic mass is 32.1. The van der Waals surface area contributed by atoms with Crippen molar-refractivity contribution in [1.29, 1.82) is 0 Å². The van der Waals surface area contributed by atoms with Crippen molar-refractivity contribution in [2.45, 2.75) is 19.9 Å². The van der Waals surface area contributed by atoms with Gasteiger partial charge in [-0.25, -0.2) is 0 Å². The lowest BCUT2D eigenvalue weighted by molar-refractivity contribution is -0.670. The van der Waals surface area contributed by atoms with Crippen LogP contribution in [0, 0.1) is 0 Å². The number of rotatable bonds is 3. The van der Waals surface area contributed by atoms with E-state index in [1.165, 1.54) is 10.2 Å². The number of allylic oxidation sites excluding steroid dienone is 1. The molecule has 15 heavy (non-hydrogen) atoms. The van der Waals surface area contributed by atoms with Gasteiger partial charge in [0.25, 0.3) is 0 Å². The van der Waals surface area contributed by atoms with E-state index in [1.54, 1.807) is 11.3 Å². The number of hydrogen-bond acceptors (Lipinski definition) is 2. The van der Waals surface area contributed by atoms with Gasteiger partial charge in [-0.3, -0.25) is 0 Å². The van der Waals surface area contributed by atoms with E-state index in [1.807, 2.05) is 12.1 Å². The summed E-state index contributed by atoms with van der Waals surface area (Å²) in [5.41, 5.74) is 1.24. The van der Waals surface area contributed by atoms with Crippen molar-refractivity contribution in [3.8, 4) is 0 Å². The van der Waals surface area contributed by atoms with Crippen LogP contribution in [-0.4, -0.2) is 5.11 Å². The van der Waals surface area contributed by atoms with Crippen molar-refractivity contribution in [2.75, 3.05) is 0 Å². The van der Waals surface area contributed by atoms with Crippen LogP contribution in [0.25, 0.3) is 10.2 Å². The molecule has 0 radical (unpaired) electrons.